The van der Waals surface area contributed by atoms with Crippen molar-refractivity contribution < 1.29 is 19.2 Å². The number of fused-ring (bicyclic) bond motifs is 1. The van der Waals surface area contributed by atoms with Gasteiger partial charge in [-0.3, -0.25) is 14.9 Å². The van der Waals surface area contributed by atoms with Gasteiger partial charge in [-0.1, -0.05) is 17.8 Å². The number of thioether (sulfide) groups is 1. The van der Waals surface area contributed by atoms with E-state index in [1.54, 1.807) is 18.2 Å². The zero-order valence-corrected chi connectivity index (χ0v) is 10.4. The Hall–Kier alpha value is -1.76. The second-order valence-electron chi connectivity index (χ2n) is 3.73. The molecule has 7 heteroatoms. The lowest BCUT2D eigenvalue weighted by Gasteiger charge is -2.11. The van der Waals surface area contributed by atoms with Gasteiger partial charge >= 0.3 is 0 Å². The third-order valence-electron chi connectivity index (χ3n) is 2.39. The summed E-state index contributed by atoms with van der Waals surface area (Å²) in [4.78, 5) is 21.3. The molecule has 1 aliphatic rings. The second-order valence-corrected chi connectivity index (χ2v) is 5.11. The first-order valence-corrected chi connectivity index (χ1v) is 6.13. The molecule has 1 aliphatic heterocycles. The molecule has 0 fully saturated rings. The third-order valence-corrected chi connectivity index (χ3v) is 3.43. The number of rotatable bonds is 4. The smallest absolute Gasteiger partial charge is 0.231 e. The van der Waals surface area contributed by atoms with E-state index >= 15 is 0 Å². The Bertz CT molecular complexity index is 474. The molecule has 2 rings (SSSR count). The molecule has 1 atom stereocenters. The van der Waals surface area contributed by atoms with Crippen LogP contribution in [0.15, 0.2) is 18.2 Å². The van der Waals surface area contributed by atoms with Crippen LogP contribution in [0.2, 0.25) is 0 Å². The number of nitro groups is 1. The number of ether oxygens (including phenoxy) is 2. The van der Waals surface area contributed by atoms with E-state index < -0.39 is 10.2 Å². The summed E-state index contributed by atoms with van der Waals surface area (Å²) < 4.78 is 10.4. The van der Waals surface area contributed by atoms with Crippen LogP contribution in [0.25, 0.3) is 0 Å². The van der Waals surface area contributed by atoms with Crippen LogP contribution < -0.4 is 9.47 Å². The maximum Gasteiger partial charge on any atom is 0.231 e. The van der Waals surface area contributed by atoms with Gasteiger partial charge in [0, 0.05) is 11.8 Å². The van der Waals surface area contributed by atoms with E-state index in [1.807, 2.05) is 0 Å². The molecule has 96 valence electrons. The van der Waals surface area contributed by atoms with Crippen molar-refractivity contribution in [3.63, 3.8) is 0 Å². The number of nitrogens with zero attached hydrogens (tertiary/aromatic N) is 1. The van der Waals surface area contributed by atoms with Crippen LogP contribution in [0.5, 0.6) is 11.5 Å². The monoisotopic (exact) mass is 269 g/mol. The van der Waals surface area contributed by atoms with Crippen LogP contribution in [0.4, 0.5) is 0 Å². The molecule has 1 aromatic carbocycles. The second kappa shape index (κ2) is 5.26. The van der Waals surface area contributed by atoms with Gasteiger partial charge in [0.25, 0.3) is 0 Å². The molecule has 0 N–H and O–H groups in total. The van der Waals surface area contributed by atoms with Crippen molar-refractivity contribution in [1.82, 2.24) is 0 Å². The van der Waals surface area contributed by atoms with Crippen molar-refractivity contribution in [2.24, 2.45) is 0 Å². The first kappa shape index (κ1) is 12.7. The maximum atomic E-state index is 11.1. The molecule has 0 unspecified atom stereocenters. The molecule has 0 aliphatic carbocycles. The summed E-state index contributed by atoms with van der Waals surface area (Å²) in [6.07, 6.45) is 0. The Labute approximate surface area is 107 Å². The predicted octanol–water partition coefficient (Wildman–Crippen LogP) is 2.01. The Morgan fingerprint density at radius 3 is 2.89 bits per heavy atom. The predicted molar refractivity (Wildman–Crippen MR) is 65.4 cm³/mol. The quantitative estimate of drug-likeness (QED) is 0.614. The number of benzene rings is 1. The van der Waals surface area contributed by atoms with E-state index in [1.165, 1.54) is 6.92 Å². The number of carbonyl (C=O) groups excluding carboxylic acids is 1. The van der Waals surface area contributed by atoms with Crippen LogP contribution >= 0.6 is 11.8 Å². The Morgan fingerprint density at radius 2 is 2.22 bits per heavy atom. The molecular formula is C11H11NO5S. The summed E-state index contributed by atoms with van der Waals surface area (Å²) in [5, 5.41) is 9.96. The van der Waals surface area contributed by atoms with Crippen molar-refractivity contribution >= 4 is 16.9 Å². The van der Waals surface area contributed by atoms with E-state index in [0.29, 0.717) is 17.1 Å². The summed E-state index contributed by atoms with van der Waals surface area (Å²) in [7, 11) is 0. The lowest BCUT2D eigenvalue weighted by atomic mass is 10.1. The molecule has 0 saturated heterocycles. The minimum absolute atomic E-state index is 0.151. The standard InChI is InChI=1S/C11H11NO5S/c1-7(13)18-11(5-12(14)15)8-2-3-9-10(4-8)17-6-16-9/h2-4,11H,5-6H2,1H3/t11-/m1/s1. The van der Waals surface area contributed by atoms with E-state index in [9.17, 15) is 14.9 Å². The highest BCUT2D eigenvalue weighted by atomic mass is 32.2. The summed E-state index contributed by atoms with van der Waals surface area (Å²) in [5.74, 6) is 1.18. The highest BCUT2D eigenvalue weighted by Crippen LogP contribution is 2.38. The fourth-order valence-corrected chi connectivity index (χ4v) is 2.54. The van der Waals surface area contributed by atoms with Gasteiger partial charge < -0.3 is 9.47 Å². The normalized spacial score (nSPS) is 14.3. The van der Waals surface area contributed by atoms with E-state index in [2.05, 4.69) is 0 Å². The van der Waals surface area contributed by atoms with Crippen LogP contribution in [-0.4, -0.2) is 23.4 Å². The number of carbonyl (C=O) groups is 1. The zero-order valence-electron chi connectivity index (χ0n) is 9.62. The van der Waals surface area contributed by atoms with E-state index in [4.69, 9.17) is 9.47 Å². The largest absolute Gasteiger partial charge is 0.454 e. The Balaban J connectivity index is 2.24. The molecule has 0 bridgehead atoms. The molecule has 0 radical (unpaired) electrons. The average molecular weight is 269 g/mol. The molecule has 18 heavy (non-hydrogen) atoms. The van der Waals surface area contributed by atoms with Gasteiger partial charge in [0.2, 0.25) is 13.3 Å². The Morgan fingerprint density at radius 1 is 1.50 bits per heavy atom. The molecule has 0 saturated carbocycles. The van der Waals surface area contributed by atoms with Crippen LogP contribution in [0.3, 0.4) is 0 Å². The Kier molecular flexibility index (Phi) is 3.71. The fraction of sp³-hybridized carbons (Fsp3) is 0.364. The van der Waals surface area contributed by atoms with Gasteiger partial charge in [0.05, 0.1) is 0 Å². The summed E-state index contributed by atoms with van der Waals surface area (Å²) in [6.45, 7) is 1.24. The summed E-state index contributed by atoms with van der Waals surface area (Å²) >= 11 is 0.950. The van der Waals surface area contributed by atoms with Crippen LogP contribution in [0, 0.1) is 10.1 Å². The molecule has 0 aromatic heterocycles. The van der Waals surface area contributed by atoms with Crippen molar-refractivity contribution in [3.8, 4) is 11.5 Å². The molecule has 6 nitrogen and oxygen atoms in total. The van der Waals surface area contributed by atoms with Crippen molar-refractivity contribution in [1.29, 1.82) is 0 Å². The molecule has 1 heterocycles. The maximum absolute atomic E-state index is 11.1. The zero-order chi connectivity index (χ0) is 13.1. The summed E-state index contributed by atoms with van der Waals surface area (Å²) in [5.41, 5.74) is 0.691. The van der Waals surface area contributed by atoms with Crippen molar-refractivity contribution in [2.75, 3.05) is 13.3 Å². The van der Waals surface area contributed by atoms with Gasteiger partial charge in [-0.05, 0) is 17.7 Å². The third kappa shape index (κ3) is 2.92. The molecule has 0 amide bonds. The highest BCUT2D eigenvalue weighted by molar-refractivity contribution is 8.13. The topological polar surface area (TPSA) is 78.7 Å². The molecular weight excluding hydrogens is 258 g/mol. The number of hydrogen-bond acceptors (Lipinski definition) is 6. The van der Waals surface area contributed by atoms with Crippen LogP contribution in [-0.2, 0) is 4.79 Å². The van der Waals surface area contributed by atoms with Crippen LogP contribution in [0.1, 0.15) is 17.7 Å². The molecule has 1 aromatic rings. The van der Waals surface area contributed by atoms with Gasteiger partial charge in [0.15, 0.2) is 16.6 Å². The van der Waals surface area contributed by atoms with Gasteiger partial charge in [-0.25, -0.2) is 0 Å². The van der Waals surface area contributed by atoms with Crippen molar-refractivity contribution in [3.05, 3.63) is 33.9 Å². The number of hydrogen-bond donors (Lipinski definition) is 0. The minimum atomic E-state index is -0.507. The minimum Gasteiger partial charge on any atom is -0.454 e. The van der Waals surface area contributed by atoms with Gasteiger partial charge in [0.1, 0.15) is 5.25 Å². The SMILES string of the molecule is CC(=O)S[C@H](C[N+](=O)[O-])c1ccc2c(c1)OCO2. The van der Waals surface area contributed by atoms with E-state index in [-0.39, 0.29) is 18.5 Å². The lowest BCUT2D eigenvalue weighted by molar-refractivity contribution is -0.479. The summed E-state index contributed by atoms with van der Waals surface area (Å²) in [6, 6.07) is 5.11. The average Bonchev–Trinajstić information content (AvgIpc) is 2.73. The van der Waals surface area contributed by atoms with Gasteiger partial charge in [-0.2, -0.15) is 0 Å². The first-order valence-electron chi connectivity index (χ1n) is 5.25. The van der Waals surface area contributed by atoms with Crippen molar-refractivity contribution in [2.45, 2.75) is 12.2 Å². The molecule has 0 spiro atoms. The first-order chi connectivity index (χ1) is 8.56. The lowest BCUT2D eigenvalue weighted by Crippen LogP contribution is -2.11. The fourth-order valence-electron chi connectivity index (χ4n) is 1.66. The highest BCUT2D eigenvalue weighted by Gasteiger charge is 2.23. The van der Waals surface area contributed by atoms with Gasteiger partial charge in [-0.15, -0.1) is 0 Å². The van der Waals surface area contributed by atoms with E-state index in [0.717, 1.165) is 11.8 Å².